The fraction of sp³-hybridized carbons (Fsp3) is 0.462. The van der Waals surface area contributed by atoms with Crippen LogP contribution in [0.4, 0.5) is 9.18 Å². The van der Waals surface area contributed by atoms with Gasteiger partial charge in [0.1, 0.15) is 5.82 Å². The average molecular weight is 270 g/mol. The van der Waals surface area contributed by atoms with E-state index in [2.05, 4.69) is 5.32 Å². The van der Waals surface area contributed by atoms with Gasteiger partial charge in [0.05, 0.1) is 6.10 Å². The minimum Gasteiger partial charge on any atom is -0.465 e. The summed E-state index contributed by atoms with van der Waals surface area (Å²) in [6.45, 7) is 1.25. The van der Waals surface area contributed by atoms with Crippen molar-refractivity contribution in [1.82, 2.24) is 10.2 Å². The quantitative estimate of drug-likeness (QED) is 0.698. The van der Waals surface area contributed by atoms with Crippen molar-refractivity contribution in [2.45, 2.75) is 19.1 Å². The molecule has 5 nitrogen and oxygen atoms in total. The zero-order valence-corrected chi connectivity index (χ0v) is 10.8. The first kappa shape index (κ1) is 15.4. The van der Waals surface area contributed by atoms with E-state index in [1.54, 1.807) is 12.1 Å². The van der Waals surface area contributed by atoms with Gasteiger partial charge in [-0.1, -0.05) is 12.1 Å². The number of benzene rings is 1. The number of carbonyl (C=O) groups is 1. The predicted octanol–water partition coefficient (Wildman–Crippen LogP) is 1.28. The highest BCUT2D eigenvalue weighted by Gasteiger charge is 2.09. The van der Waals surface area contributed by atoms with E-state index in [-0.39, 0.29) is 12.4 Å². The van der Waals surface area contributed by atoms with Crippen LogP contribution in [0.3, 0.4) is 0 Å². The van der Waals surface area contributed by atoms with Gasteiger partial charge in [0, 0.05) is 19.6 Å². The van der Waals surface area contributed by atoms with E-state index < -0.39 is 12.2 Å². The van der Waals surface area contributed by atoms with Gasteiger partial charge < -0.3 is 15.5 Å². The molecular formula is C13H19FN2O3. The van der Waals surface area contributed by atoms with Gasteiger partial charge in [-0.25, -0.2) is 9.18 Å². The lowest BCUT2D eigenvalue weighted by Gasteiger charge is -2.20. The van der Waals surface area contributed by atoms with Gasteiger partial charge in [-0.15, -0.1) is 0 Å². The Morgan fingerprint density at radius 2 is 2.05 bits per heavy atom. The maximum atomic E-state index is 12.7. The van der Waals surface area contributed by atoms with Gasteiger partial charge in [-0.3, -0.25) is 4.90 Å². The largest absolute Gasteiger partial charge is 0.465 e. The molecular weight excluding hydrogens is 251 g/mol. The highest BCUT2D eigenvalue weighted by molar-refractivity contribution is 5.64. The molecule has 0 saturated heterocycles. The van der Waals surface area contributed by atoms with Crippen molar-refractivity contribution in [3.63, 3.8) is 0 Å². The normalized spacial score (nSPS) is 12.4. The highest BCUT2D eigenvalue weighted by Crippen LogP contribution is 2.06. The summed E-state index contributed by atoms with van der Waals surface area (Å²) in [4.78, 5) is 12.1. The molecule has 1 rings (SSSR count). The molecule has 0 fully saturated rings. The molecule has 19 heavy (non-hydrogen) atoms. The van der Waals surface area contributed by atoms with Gasteiger partial charge in [0.15, 0.2) is 0 Å². The van der Waals surface area contributed by atoms with Crippen LogP contribution >= 0.6 is 0 Å². The number of hydrogen-bond acceptors (Lipinski definition) is 3. The van der Waals surface area contributed by atoms with Crippen LogP contribution in [-0.4, -0.2) is 47.4 Å². The number of rotatable bonds is 7. The second kappa shape index (κ2) is 7.70. The highest BCUT2D eigenvalue weighted by atomic mass is 19.1. The minimum atomic E-state index is -1.09. The molecule has 0 aliphatic heterocycles. The third-order valence-corrected chi connectivity index (χ3v) is 2.64. The SMILES string of the molecule is CN(Cc1ccc(F)cc1)CC(O)CCNC(=O)O. The lowest BCUT2D eigenvalue weighted by Crippen LogP contribution is -2.32. The first-order valence-electron chi connectivity index (χ1n) is 6.05. The van der Waals surface area contributed by atoms with Gasteiger partial charge in [0.25, 0.3) is 0 Å². The molecule has 3 N–H and O–H groups in total. The average Bonchev–Trinajstić information content (AvgIpc) is 2.31. The van der Waals surface area contributed by atoms with Crippen LogP contribution in [0, 0.1) is 5.82 Å². The number of amides is 1. The summed E-state index contributed by atoms with van der Waals surface area (Å²) in [6.07, 6.45) is -1.33. The first-order chi connectivity index (χ1) is 8.97. The van der Waals surface area contributed by atoms with Crippen molar-refractivity contribution in [2.75, 3.05) is 20.1 Å². The molecule has 6 heteroatoms. The predicted molar refractivity (Wildman–Crippen MR) is 69.4 cm³/mol. The Hall–Kier alpha value is -1.66. The van der Waals surface area contributed by atoms with E-state index in [4.69, 9.17) is 5.11 Å². The number of likely N-dealkylation sites (N-methyl/N-ethyl adjacent to an activating group) is 1. The van der Waals surface area contributed by atoms with Crippen LogP contribution < -0.4 is 5.32 Å². The molecule has 1 atom stereocenters. The van der Waals surface area contributed by atoms with E-state index in [0.717, 1.165) is 5.56 Å². The Morgan fingerprint density at radius 1 is 1.42 bits per heavy atom. The molecule has 0 saturated carbocycles. The summed E-state index contributed by atoms with van der Waals surface area (Å²) in [5.41, 5.74) is 0.958. The van der Waals surface area contributed by atoms with Crippen LogP contribution in [0.1, 0.15) is 12.0 Å². The third-order valence-electron chi connectivity index (χ3n) is 2.64. The van der Waals surface area contributed by atoms with Gasteiger partial charge in [-0.05, 0) is 31.2 Å². The summed E-state index contributed by atoms with van der Waals surface area (Å²) in [5, 5.41) is 20.3. The molecule has 0 heterocycles. The number of hydrogen-bond donors (Lipinski definition) is 3. The molecule has 1 aromatic carbocycles. The number of carboxylic acid groups (broad SMARTS) is 1. The van der Waals surface area contributed by atoms with E-state index >= 15 is 0 Å². The van der Waals surface area contributed by atoms with Gasteiger partial charge in [0.2, 0.25) is 0 Å². The molecule has 0 aliphatic rings. The monoisotopic (exact) mass is 270 g/mol. The first-order valence-corrected chi connectivity index (χ1v) is 6.05. The van der Waals surface area contributed by atoms with Crippen molar-refractivity contribution in [3.8, 4) is 0 Å². The van der Waals surface area contributed by atoms with Crippen molar-refractivity contribution in [1.29, 1.82) is 0 Å². The summed E-state index contributed by atoms with van der Waals surface area (Å²) < 4.78 is 12.7. The van der Waals surface area contributed by atoms with Gasteiger partial charge >= 0.3 is 6.09 Å². The van der Waals surface area contributed by atoms with Crippen molar-refractivity contribution in [3.05, 3.63) is 35.6 Å². The molecule has 0 bridgehead atoms. The Morgan fingerprint density at radius 3 is 2.63 bits per heavy atom. The molecule has 1 amide bonds. The number of halogens is 1. The smallest absolute Gasteiger partial charge is 0.404 e. The van der Waals surface area contributed by atoms with E-state index in [1.807, 2.05) is 11.9 Å². The Bertz CT molecular complexity index is 397. The van der Waals surface area contributed by atoms with Crippen LogP contribution in [0.25, 0.3) is 0 Å². The standard InChI is InChI=1S/C13H19FN2O3/c1-16(8-10-2-4-11(14)5-3-10)9-12(17)6-7-15-13(18)19/h2-5,12,15,17H,6-9H2,1H3,(H,18,19). The Kier molecular flexibility index (Phi) is 6.24. The number of aliphatic hydroxyl groups is 1. The fourth-order valence-electron chi connectivity index (χ4n) is 1.76. The van der Waals surface area contributed by atoms with Crippen molar-refractivity contribution >= 4 is 6.09 Å². The maximum absolute atomic E-state index is 12.7. The van der Waals surface area contributed by atoms with E-state index in [9.17, 15) is 14.3 Å². The minimum absolute atomic E-state index is 0.223. The maximum Gasteiger partial charge on any atom is 0.404 e. The van der Waals surface area contributed by atoms with E-state index in [0.29, 0.717) is 19.5 Å². The van der Waals surface area contributed by atoms with Crippen LogP contribution in [0.2, 0.25) is 0 Å². The number of aliphatic hydroxyl groups excluding tert-OH is 1. The number of nitrogens with zero attached hydrogens (tertiary/aromatic N) is 1. The van der Waals surface area contributed by atoms with E-state index in [1.165, 1.54) is 12.1 Å². The van der Waals surface area contributed by atoms with Crippen molar-refractivity contribution in [2.24, 2.45) is 0 Å². The molecule has 1 aromatic rings. The molecule has 0 aliphatic carbocycles. The van der Waals surface area contributed by atoms with Crippen molar-refractivity contribution < 1.29 is 19.4 Å². The van der Waals surface area contributed by atoms with Crippen LogP contribution in [0.5, 0.6) is 0 Å². The molecule has 0 radical (unpaired) electrons. The van der Waals surface area contributed by atoms with Crippen LogP contribution in [0.15, 0.2) is 24.3 Å². The Labute approximate surface area is 111 Å². The molecule has 1 unspecified atom stereocenters. The zero-order chi connectivity index (χ0) is 14.3. The number of nitrogens with one attached hydrogen (secondary N) is 1. The second-order valence-corrected chi connectivity index (χ2v) is 4.50. The summed E-state index contributed by atoms with van der Waals surface area (Å²) in [5.74, 6) is -0.272. The lowest BCUT2D eigenvalue weighted by atomic mass is 10.2. The summed E-state index contributed by atoms with van der Waals surface area (Å²) >= 11 is 0. The summed E-state index contributed by atoms with van der Waals surface area (Å²) in [7, 11) is 1.84. The molecule has 0 aromatic heterocycles. The van der Waals surface area contributed by atoms with Crippen LogP contribution in [-0.2, 0) is 6.54 Å². The third kappa shape index (κ3) is 6.73. The fourth-order valence-corrected chi connectivity index (χ4v) is 1.76. The van der Waals surface area contributed by atoms with Gasteiger partial charge in [-0.2, -0.15) is 0 Å². The zero-order valence-electron chi connectivity index (χ0n) is 10.8. The summed E-state index contributed by atoms with van der Waals surface area (Å²) in [6, 6.07) is 6.20. The Balaban J connectivity index is 2.28. The lowest BCUT2D eigenvalue weighted by molar-refractivity contribution is 0.114. The molecule has 106 valence electrons. The topological polar surface area (TPSA) is 72.8 Å². The second-order valence-electron chi connectivity index (χ2n) is 4.50. The molecule has 0 spiro atoms.